The normalized spacial score (nSPS) is 14.4. The van der Waals surface area contributed by atoms with Gasteiger partial charge >= 0.3 is 18.9 Å². The molecular weight excluding hydrogens is 671 g/mol. The molecular formula is C24H29ClF8LiN2O6S2-. The molecule has 20 heteroatoms. The van der Waals surface area contributed by atoms with E-state index in [9.17, 15) is 51.3 Å². The molecule has 0 saturated carbocycles. The van der Waals surface area contributed by atoms with Crippen LogP contribution in [0.3, 0.4) is 0 Å². The number of rotatable bonds is 10. The zero-order chi connectivity index (χ0) is 31.9. The zero-order valence-corrected chi connectivity index (χ0v) is 26.0. The Hall–Kier alpha value is -2.51. The minimum absolute atomic E-state index is 0. The first-order valence-electron chi connectivity index (χ1n) is 11.8. The Morgan fingerprint density at radius 1 is 0.773 bits per heavy atom. The predicted octanol–water partition coefficient (Wildman–Crippen LogP) is 8.81. The molecule has 2 aromatic rings. The van der Waals surface area contributed by atoms with E-state index in [0.717, 1.165) is 5.25 Å². The molecule has 0 aliphatic heterocycles. The van der Waals surface area contributed by atoms with Crippen LogP contribution in [0.1, 0.15) is 52.4 Å². The van der Waals surface area contributed by atoms with E-state index in [1.165, 1.54) is 0 Å². The van der Waals surface area contributed by atoms with Gasteiger partial charge in [-0.1, -0.05) is 44.2 Å². The molecule has 0 atom stereocenters. The minimum Gasteiger partial charge on any atom is -0.870 e. The molecule has 0 unspecified atom stereocenters. The summed E-state index contributed by atoms with van der Waals surface area (Å²) in [5, 5.41) is 20.6. The smallest absolute Gasteiger partial charge is 0.870 e. The molecule has 0 aromatic heterocycles. The molecule has 2 rings (SSSR count). The number of hydrogen-bond donors (Lipinski definition) is 0. The Balaban J connectivity index is -0.000000716. The van der Waals surface area contributed by atoms with Crippen molar-refractivity contribution in [2.24, 2.45) is 0 Å². The van der Waals surface area contributed by atoms with Crippen molar-refractivity contribution in [1.29, 1.82) is 0 Å². The third kappa shape index (κ3) is 13.6. The third-order valence-electron chi connectivity index (χ3n) is 5.13. The molecule has 0 fully saturated rings. The second kappa shape index (κ2) is 14.7. The topological polar surface area (TPSA) is 146 Å². The summed E-state index contributed by atoms with van der Waals surface area (Å²) in [4.78, 5) is 16.0. The Morgan fingerprint density at radius 3 is 1.52 bits per heavy atom. The Kier molecular flexibility index (Phi) is 15.4. The maximum atomic E-state index is 14.0. The molecule has 8 nitrogen and oxygen atoms in total. The van der Waals surface area contributed by atoms with Crippen LogP contribution in [-0.4, -0.2) is 20.8 Å². The van der Waals surface area contributed by atoms with E-state index in [1.54, 1.807) is 13.8 Å². The van der Waals surface area contributed by atoms with Crippen molar-refractivity contribution in [2.45, 2.75) is 62.2 Å². The quantitative estimate of drug-likeness (QED) is 0.0605. The number of nitro groups is 2. The van der Waals surface area contributed by atoms with Crippen LogP contribution >= 0.6 is 31.3 Å². The average Bonchev–Trinajstić information content (AvgIpc) is 2.84. The van der Waals surface area contributed by atoms with Crippen molar-refractivity contribution in [3.63, 3.8) is 0 Å². The second-order valence-electron chi connectivity index (χ2n) is 8.75. The van der Waals surface area contributed by atoms with E-state index in [2.05, 4.69) is 0 Å². The van der Waals surface area contributed by atoms with Gasteiger partial charge in [0, 0.05) is 41.0 Å². The maximum Gasteiger partial charge on any atom is 1.00 e. The molecule has 0 aliphatic rings. The molecule has 0 aliphatic carbocycles. The zero-order valence-electron chi connectivity index (χ0n) is 23.6. The predicted molar refractivity (Wildman–Crippen MR) is 151 cm³/mol. The van der Waals surface area contributed by atoms with Crippen molar-refractivity contribution >= 4 is 42.7 Å². The fourth-order valence-corrected chi connectivity index (χ4v) is 6.28. The number of benzene rings is 2. The number of allylic oxidation sites excluding steroid dienone is 1. The number of halogens is 9. The standard InChI is InChI=1S/C12H14ClF4NO2S.C12H13F4NO2S.Li.2H2O/c1-2-3-4-10(13)9-21(14,15,16,17)12-7-5-11(6-8-12)18(19)20;1-2-3-4-5-10-20(13,14,15,16)12-8-6-11(7-9-12)17(18)19;;;/h5-9H,2-4H2,1H3;6-9H,2-4H2,1H3;;2*1H2/q;;+1;;/p-2/b10-9+;;;;. The van der Waals surface area contributed by atoms with Crippen LogP contribution < -0.4 is 18.9 Å². The summed E-state index contributed by atoms with van der Waals surface area (Å²) in [6.45, 7) is 3.55. The van der Waals surface area contributed by atoms with Gasteiger partial charge in [-0.25, -0.2) is 0 Å². The summed E-state index contributed by atoms with van der Waals surface area (Å²) in [6, 6.07) is 3.88. The van der Waals surface area contributed by atoms with E-state index >= 15 is 0 Å². The van der Waals surface area contributed by atoms with Crippen molar-refractivity contribution in [2.75, 3.05) is 0 Å². The molecule has 0 heterocycles. The van der Waals surface area contributed by atoms with Gasteiger partial charge in [-0.05, 0) is 43.5 Å². The minimum atomic E-state index is -8.69. The van der Waals surface area contributed by atoms with Crippen molar-refractivity contribution in [3.8, 4) is 11.2 Å². The van der Waals surface area contributed by atoms with Crippen LogP contribution in [0.25, 0.3) is 0 Å². The van der Waals surface area contributed by atoms with Gasteiger partial charge in [0.25, 0.3) is 11.4 Å². The molecule has 2 aromatic carbocycles. The van der Waals surface area contributed by atoms with Gasteiger partial charge in [-0.15, -0.1) is 31.1 Å². The summed E-state index contributed by atoms with van der Waals surface area (Å²) in [5.74, 6) is 1.81. The fraction of sp³-hybridized carbons (Fsp3) is 0.333. The van der Waals surface area contributed by atoms with E-state index in [0.29, 0.717) is 74.2 Å². The third-order valence-corrected chi connectivity index (χ3v) is 9.35. The van der Waals surface area contributed by atoms with Gasteiger partial charge in [0.2, 0.25) is 19.7 Å². The molecule has 0 saturated heterocycles. The first-order valence-corrected chi connectivity index (χ1v) is 16.3. The second-order valence-corrected chi connectivity index (χ2v) is 15.0. The molecule has 2 N–H and O–H groups in total. The largest absolute Gasteiger partial charge is 1.00 e. The van der Waals surface area contributed by atoms with E-state index in [-0.39, 0.29) is 42.7 Å². The van der Waals surface area contributed by atoms with Crippen LogP contribution in [0.15, 0.2) is 68.8 Å². The Morgan fingerprint density at radius 2 is 1.16 bits per heavy atom. The van der Waals surface area contributed by atoms with Gasteiger partial charge in [0.05, 0.1) is 25.0 Å². The summed E-state index contributed by atoms with van der Waals surface area (Å²) < 4.78 is 111. The fourth-order valence-electron chi connectivity index (χ4n) is 2.94. The first kappa shape index (κ1) is 45.9. The number of nitrogens with zero attached hydrogens (tertiary/aromatic N) is 2. The number of nitro benzene ring substituents is 2. The maximum absolute atomic E-state index is 14.0. The molecule has 44 heavy (non-hydrogen) atoms. The molecule has 0 spiro atoms. The van der Waals surface area contributed by atoms with E-state index < -0.39 is 61.1 Å². The van der Waals surface area contributed by atoms with Crippen LogP contribution in [0, 0.1) is 31.4 Å². The van der Waals surface area contributed by atoms with E-state index in [4.69, 9.17) is 11.6 Å². The molecule has 0 bridgehead atoms. The Bertz CT molecular complexity index is 1400. The summed E-state index contributed by atoms with van der Waals surface area (Å²) >= 11 is 5.48. The summed E-state index contributed by atoms with van der Waals surface area (Å²) in [5.41, 5.74) is -1.09. The van der Waals surface area contributed by atoms with E-state index in [1.807, 2.05) is 5.92 Å². The Labute approximate surface area is 265 Å². The van der Waals surface area contributed by atoms with Crippen LogP contribution in [0.5, 0.6) is 0 Å². The molecule has 248 valence electrons. The van der Waals surface area contributed by atoms with Crippen molar-refractivity contribution in [1.82, 2.24) is 0 Å². The number of unbranched alkanes of at least 4 members (excludes halogenated alkanes) is 3. The number of hydrogen-bond acceptors (Lipinski definition) is 6. The van der Waals surface area contributed by atoms with Gasteiger partial charge < -0.3 is 11.0 Å². The average molecular weight is 700 g/mol. The van der Waals surface area contributed by atoms with Crippen molar-refractivity contribution in [3.05, 3.63) is 79.2 Å². The molecule has 0 radical (unpaired) electrons. The number of non-ortho nitro benzene ring substituents is 2. The van der Waals surface area contributed by atoms with Crippen LogP contribution in [-0.2, 0) is 0 Å². The van der Waals surface area contributed by atoms with Crippen molar-refractivity contribution < 1.29 is 70.7 Å². The van der Waals surface area contributed by atoms with Gasteiger partial charge in [-0.3, -0.25) is 20.2 Å². The molecule has 0 amide bonds. The van der Waals surface area contributed by atoms with Crippen LogP contribution in [0.4, 0.5) is 42.5 Å². The van der Waals surface area contributed by atoms with Gasteiger partial charge in [0.15, 0.2) is 0 Å². The summed E-state index contributed by atoms with van der Waals surface area (Å²) in [6.07, 6.45) is 2.00. The van der Waals surface area contributed by atoms with Gasteiger partial charge in [-0.2, -0.15) is 0 Å². The van der Waals surface area contributed by atoms with Gasteiger partial charge in [0.1, 0.15) is 0 Å². The monoisotopic (exact) mass is 699 g/mol. The SMILES string of the molecule is CCCC/C(Cl)=C\S(F)(F)(F)(F)c1ccc([N+](=O)[O-])cc1.CCCCC#CS(F)(F)(F)(F)c1ccc([N+](=O)[O-])cc1.[Li+].[OH-].[OH-]. The summed E-state index contributed by atoms with van der Waals surface area (Å²) in [7, 11) is -17.4. The first-order chi connectivity index (χ1) is 18.4. The van der Waals surface area contributed by atoms with Crippen LogP contribution in [0.2, 0.25) is 0 Å².